The number of hydrogen-bond acceptors (Lipinski definition) is 6. The highest BCUT2D eigenvalue weighted by Gasteiger charge is 2.58. The molecular formula is C30H39Cl2F2N3O4. The van der Waals surface area contributed by atoms with Crippen molar-refractivity contribution in [3.05, 3.63) is 69.2 Å². The molecule has 2 aromatic rings. The second-order valence-corrected chi connectivity index (χ2v) is 13.1. The van der Waals surface area contributed by atoms with Crippen LogP contribution in [0, 0.1) is 17.0 Å². The minimum atomic E-state index is -1.60. The highest BCUT2D eigenvalue weighted by molar-refractivity contribution is 6.31. The Morgan fingerprint density at radius 3 is 2.61 bits per heavy atom. The van der Waals surface area contributed by atoms with E-state index in [4.69, 9.17) is 38.4 Å². The lowest BCUT2D eigenvalue weighted by atomic mass is 9.67. The third kappa shape index (κ3) is 6.88. The van der Waals surface area contributed by atoms with Gasteiger partial charge in [0.2, 0.25) is 5.91 Å². The number of rotatable bonds is 10. The number of hydrogen-bond donors (Lipinski definition) is 4. The van der Waals surface area contributed by atoms with Gasteiger partial charge >= 0.3 is 0 Å². The second kappa shape index (κ2) is 12.4. The van der Waals surface area contributed by atoms with Gasteiger partial charge in [-0.3, -0.25) is 4.79 Å². The van der Waals surface area contributed by atoms with Gasteiger partial charge in [0.1, 0.15) is 11.6 Å². The number of aliphatic hydroxyl groups excluding tert-OH is 1. The van der Waals surface area contributed by atoms with Gasteiger partial charge in [0.25, 0.3) is 0 Å². The number of aliphatic hydroxyl groups is 1. The first-order valence-electron chi connectivity index (χ1n) is 13.8. The molecule has 0 aromatic heterocycles. The first kappa shape index (κ1) is 32.1. The Morgan fingerprint density at radius 1 is 1.24 bits per heavy atom. The van der Waals surface area contributed by atoms with E-state index in [9.17, 15) is 9.90 Å². The lowest BCUT2D eigenvalue weighted by molar-refractivity contribution is -0.138. The molecule has 4 rings (SSSR count). The molecular weight excluding hydrogens is 575 g/mol. The van der Waals surface area contributed by atoms with E-state index in [2.05, 4.69) is 10.6 Å². The number of amides is 1. The van der Waals surface area contributed by atoms with Gasteiger partial charge in [-0.15, -0.1) is 0 Å². The second-order valence-electron chi connectivity index (χ2n) is 12.2. The van der Waals surface area contributed by atoms with Crippen molar-refractivity contribution in [2.75, 3.05) is 19.8 Å². The molecule has 5 atom stereocenters. The zero-order valence-electron chi connectivity index (χ0n) is 23.8. The number of benzene rings is 2. The molecule has 2 heterocycles. The number of carbonyl (C=O) groups excluding carboxylic acids is 1. The predicted octanol–water partition coefficient (Wildman–Crippen LogP) is 5.01. The number of halogens is 4. The van der Waals surface area contributed by atoms with E-state index >= 15 is 8.78 Å². The van der Waals surface area contributed by atoms with Crippen molar-refractivity contribution in [3.8, 4) is 0 Å². The van der Waals surface area contributed by atoms with Crippen molar-refractivity contribution in [1.82, 2.24) is 10.6 Å². The highest BCUT2D eigenvalue weighted by Crippen LogP contribution is 2.50. The largest absolute Gasteiger partial charge is 0.396 e. The van der Waals surface area contributed by atoms with E-state index in [1.165, 1.54) is 24.3 Å². The third-order valence-electron chi connectivity index (χ3n) is 8.18. The molecule has 2 aromatic carbocycles. The zero-order chi connectivity index (χ0) is 30.2. The fourth-order valence-electron chi connectivity index (χ4n) is 6.12. The summed E-state index contributed by atoms with van der Waals surface area (Å²) in [4.78, 5) is 13.8. The van der Waals surface area contributed by atoms with Gasteiger partial charge in [-0.05, 0) is 62.3 Å². The monoisotopic (exact) mass is 613 g/mol. The summed E-state index contributed by atoms with van der Waals surface area (Å²) < 4.78 is 42.8. The number of ether oxygens (including phenoxy) is 2. The summed E-state index contributed by atoms with van der Waals surface area (Å²) >= 11 is 12.3. The average molecular weight is 615 g/mol. The lowest BCUT2D eigenvalue weighted by Gasteiger charge is -2.40. The van der Waals surface area contributed by atoms with Crippen LogP contribution < -0.4 is 16.4 Å². The van der Waals surface area contributed by atoms with Crippen LogP contribution in [-0.4, -0.2) is 54.7 Å². The summed E-state index contributed by atoms with van der Waals surface area (Å²) in [7, 11) is 0. The lowest BCUT2D eigenvalue weighted by Crippen LogP contribution is -2.52. The van der Waals surface area contributed by atoms with Crippen LogP contribution in [0.3, 0.4) is 0 Å². The first-order chi connectivity index (χ1) is 19.2. The Kier molecular flexibility index (Phi) is 9.70. The van der Waals surface area contributed by atoms with E-state index in [1.807, 2.05) is 27.7 Å². The average Bonchev–Trinajstić information content (AvgIpc) is 3.36. The van der Waals surface area contributed by atoms with Crippen LogP contribution in [0.2, 0.25) is 10.0 Å². The van der Waals surface area contributed by atoms with Gasteiger partial charge in [0.05, 0.1) is 29.3 Å². The first-order valence-corrected chi connectivity index (χ1v) is 14.6. The van der Waals surface area contributed by atoms with Crippen molar-refractivity contribution in [2.24, 2.45) is 11.1 Å². The van der Waals surface area contributed by atoms with Gasteiger partial charge in [-0.25, -0.2) is 8.78 Å². The molecule has 0 saturated carbocycles. The smallest absolute Gasteiger partial charge is 0.237 e. The number of carbonyl (C=O) groups is 1. The molecule has 5 N–H and O–H groups in total. The fourth-order valence-corrected chi connectivity index (χ4v) is 6.46. The Hall–Kier alpha value is -1.85. The molecule has 1 amide bonds. The van der Waals surface area contributed by atoms with E-state index in [0.717, 1.165) is 6.07 Å². The SMILES string of the molecule is CC(C)(CCO)CC1NC(C(=O)NCCC2COC(C)(C)O2)C(c2cccc(Cl)c2F)C1(N)c1ccc(Cl)cc1F. The minimum Gasteiger partial charge on any atom is -0.396 e. The van der Waals surface area contributed by atoms with Crippen LogP contribution in [-0.2, 0) is 19.8 Å². The molecule has 2 aliphatic rings. The van der Waals surface area contributed by atoms with Crippen molar-refractivity contribution in [3.63, 3.8) is 0 Å². The molecule has 5 unspecified atom stereocenters. The molecule has 7 nitrogen and oxygen atoms in total. The van der Waals surface area contributed by atoms with Crippen molar-refractivity contribution in [1.29, 1.82) is 0 Å². The molecule has 2 saturated heterocycles. The molecule has 0 aliphatic carbocycles. The van der Waals surface area contributed by atoms with Crippen LogP contribution in [0.5, 0.6) is 0 Å². The summed E-state index contributed by atoms with van der Waals surface area (Å²) in [6, 6.07) is 6.96. The number of nitrogens with one attached hydrogen (secondary N) is 2. The Morgan fingerprint density at radius 2 is 1.98 bits per heavy atom. The van der Waals surface area contributed by atoms with Gasteiger partial charge in [-0.1, -0.05) is 55.2 Å². The molecule has 2 aliphatic heterocycles. The van der Waals surface area contributed by atoms with Crippen molar-refractivity contribution >= 4 is 29.1 Å². The molecule has 0 bridgehead atoms. The van der Waals surface area contributed by atoms with Crippen LogP contribution in [0.1, 0.15) is 64.0 Å². The number of nitrogens with two attached hydrogens (primary N) is 1. The maximum absolute atomic E-state index is 15.7. The maximum atomic E-state index is 15.7. The Labute approximate surface area is 250 Å². The molecule has 11 heteroatoms. The standard InChI is InChI=1S/C30H39Cl2F2N3O4/c1-28(2,11-13-38)15-23-30(35,20-9-8-17(31)14-22(20)33)24(19-6-5-7-21(32)25(19)34)26(37-23)27(39)36-12-10-18-16-40-29(3,4)41-18/h5-9,14,18,23-24,26,37-38H,10-13,15-16,35H2,1-4H3,(H,36,39). The Bertz CT molecular complexity index is 1260. The van der Waals surface area contributed by atoms with Crippen LogP contribution in [0.4, 0.5) is 8.78 Å². The summed E-state index contributed by atoms with van der Waals surface area (Å²) in [5, 5.41) is 16.0. The van der Waals surface area contributed by atoms with Crippen LogP contribution >= 0.6 is 23.2 Å². The van der Waals surface area contributed by atoms with E-state index in [1.54, 1.807) is 6.07 Å². The topological polar surface area (TPSA) is 106 Å². The fraction of sp³-hybridized carbons (Fsp3) is 0.567. The molecule has 2 fully saturated rings. The van der Waals surface area contributed by atoms with Crippen LogP contribution in [0.25, 0.3) is 0 Å². The summed E-state index contributed by atoms with van der Waals surface area (Å²) in [5.41, 5.74) is 5.37. The highest BCUT2D eigenvalue weighted by atomic mass is 35.5. The normalized spacial score (nSPS) is 27.8. The third-order valence-corrected chi connectivity index (χ3v) is 8.71. The zero-order valence-corrected chi connectivity index (χ0v) is 25.3. The Balaban J connectivity index is 1.75. The van der Waals surface area contributed by atoms with E-state index in [0.29, 0.717) is 25.9 Å². The van der Waals surface area contributed by atoms with E-state index < -0.39 is 52.3 Å². The van der Waals surface area contributed by atoms with Gasteiger partial charge in [-0.2, -0.15) is 0 Å². The summed E-state index contributed by atoms with van der Waals surface area (Å²) in [6.07, 6.45) is 1.12. The van der Waals surface area contributed by atoms with Crippen molar-refractivity contribution in [2.45, 2.75) is 82.4 Å². The van der Waals surface area contributed by atoms with E-state index in [-0.39, 0.29) is 40.4 Å². The quantitative estimate of drug-likeness (QED) is 0.300. The van der Waals surface area contributed by atoms with Gasteiger partial charge in [0, 0.05) is 35.7 Å². The van der Waals surface area contributed by atoms with Crippen LogP contribution in [0.15, 0.2) is 36.4 Å². The maximum Gasteiger partial charge on any atom is 0.237 e. The van der Waals surface area contributed by atoms with Crippen molar-refractivity contribution < 1.29 is 28.2 Å². The minimum absolute atomic E-state index is 0.0629. The predicted molar refractivity (Wildman–Crippen MR) is 155 cm³/mol. The molecule has 0 radical (unpaired) electrons. The molecule has 0 spiro atoms. The summed E-state index contributed by atoms with van der Waals surface area (Å²) in [6.45, 7) is 8.19. The van der Waals surface area contributed by atoms with Gasteiger partial charge in [0.15, 0.2) is 5.79 Å². The molecule has 41 heavy (non-hydrogen) atoms. The van der Waals surface area contributed by atoms with Gasteiger partial charge < -0.3 is 30.9 Å². The summed E-state index contributed by atoms with van der Waals surface area (Å²) in [5.74, 6) is -3.54. The molecule has 226 valence electrons.